The van der Waals surface area contributed by atoms with Gasteiger partial charge in [0.25, 0.3) is 5.91 Å². The summed E-state index contributed by atoms with van der Waals surface area (Å²) >= 11 is 0. The number of carbonyl (C=O) groups is 1. The van der Waals surface area contributed by atoms with Crippen molar-refractivity contribution in [1.29, 1.82) is 0 Å². The fourth-order valence-corrected chi connectivity index (χ4v) is 4.00. The topological polar surface area (TPSA) is 54.0 Å². The highest BCUT2D eigenvalue weighted by Gasteiger charge is 2.27. The molecule has 1 aliphatic rings. The molecule has 0 spiro atoms. The van der Waals surface area contributed by atoms with Gasteiger partial charge in [-0.15, -0.1) is 0 Å². The Labute approximate surface area is 186 Å². The van der Waals surface area contributed by atoms with Gasteiger partial charge in [-0.25, -0.2) is 0 Å². The molecule has 1 heterocycles. The highest BCUT2D eigenvalue weighted by molar-refractivity contribution is 5.94. The zero-order valence-corrected chi connectivity index (χ0v) is 18.9. The number of carbonyl (C=O) groups excluding carboxylic acids is 1. The number of likely N-dealkylation sites (N-methyl/N-ethyl adjacent to an activating group) is 1. The van der Waals surface area contributed by atoms with E-state index in [1.54, 1.807) is 7.11 Å². The van der Waals surface area contributed by atoms with Gasteiger partial charge in [0, 0.05) is 51.6 Å². The highest BCUT2D eigenvalue weighted by Crippen LogP contribution is 2.28. The van der Waals surface area contributed by atoms with Gasteiger partial charge in [0.2, 0.25) is 0 Å². The van der Waals surface area contributed by atoms with E-state index in [4.69, 9.17) is 9.47 Å². The van der Waals surface area contributed by atoms with E-state index in [0.29, 0.717) is 18.9 Å². The van der Waals surface area contributed by atoms with E-state index >= 15 is 0 Å². The van der Waals surface area contributed by atoms with E-state index in [1.165, 1.54) is 5.56 Å². The molecule has 0 aromatic heterocycles. The molecule has 1 amide bonds. The Morgan fingerprint density at radius 2 is 1.94 bits per heavy atom. The molecule has 1 fully saturated rings. The predicted molar refractivity (Wildman–Crippen MR) is 124 cm³/mol. The minimum absolute atomic E-state index is 0.0187. The number of rotatable bonds is 11. The lowest BCUT2D eigenvalue weighted by Crippen LogP contribution is -2.36. The Hall–Kier alpha value is -2.41. The van der Waals surface area contributed by atoms with Gasteiger partial charge in [0.1, 0.15) is 6.79 Å². The number of ether oxygens (including phenoxy) is 2. The van der Waals surface area contributed by atoms with Crippen molar-refractivity contribution in [3.8, 4) is 0 Å². The van der Waals surface area contributed by atoms with Crippen LogP contribution in [0.1, 0.15) is 41.7 Å². The van der Waals surface area contributed by atoms with Crippen LogP contribution in [0.2, 0.25) is 0 Å². The summed E-state index contributed by atoms with van der Waals surface area (Å²) in [6.07, 6.45) is 2.18. The second kappa shape index (κ2) is 11.8. The maximum Gasteiger partial charge on any atom is 0.251 e. The molecule has 2 atom stereocenters. The fraction of sp³-hybridized carbons (Fsp3) is 0.480. The molecular formula is C25H35N3O3. The molecule has 2 aromatic carbocycles. The SMILES string of the molecule is CCCNC(=O)c1ccc(N(C)[C@H](CN2CC[C@H](OCOC)C2)c2ccccc2)cc1. The summed E-state index contributed by atoms with van der Waals surface area (Å²) < 4.78 is 10.8. The minimum atomic E-state index is -0.0187. The predicted octanol–water partition coefficient (Wildman–Crippen LogP) is 3.70. The monoisotopic (exact) mass is 425 g/mol. The zero-order valence-electron chi connectivity index (χ0n) is 18.9. The Balaban J connectivity index is 1.71. The molecule has 1 N–H and O–H groups in total. The van der Waals surface area contributed by atoms with E-state index in [1.807, 2.05) is 31.2 Å². The van der Waals surface area contributed by atoms with Crippen LogP contribution in [0.15, 0.2) is 54.6 Å². The maximum atomic E-state index is 12.2. The van der Waals surface area contributed by atoms with Crippen molar-refractivity contribution in [3.63, 3.8) is 0 Å². The number of benzene rings is 2. The van der Waals surface area contributed by atoms with Crippen LogP contribution in [0.5, 0.6) is 0 Å². The van der Waals surface area contributed by atoms with Crippen LogP contribution >= 0.6 is 0 Å². The lowest BCUT2D eigenvalue weighted by Gasteiger charge is -2.33. The molecule has 6 nitrogen and oxygen atoms in total. The molecule has 1 aliphatic heterocycles. The smallest absolute Gasteiger partial charge is 0.251 e. The number of hydrogen-bond acceptors (Lipinski definition) is 5. The molecule has 0 aliphatic carbocycles. The van der Waals surface area contributed by atoms with Gasteiger partial charge in [0.15, 0.2) is 0 Å². The molecule has 0 radical (unpaired) electrons. The van der Waals surface area contributed by atoms with E-state index in [9.17, 15) is 4.79 Å². The summed E-state index contributed by atoms with van der Waals surface area (Å²) in [6.45, 7) is 5.93. The summed E-state index contributed by atoms with van der Waals surface area (Å²) in [5.41, 5.74) is 3.06. The van der Waals surface area contributed by atoms with Crippen LogP contribution in [-0.4, -0.2) is 64.0 Å². The zero-order chi connectivity index (χ0) is 22.1. The summed E-state index contributed by atoms with van der Waals surface area (Å²) in [4.78, 5) is 17.0. The number of hydrogen-bond donors (Lipinski definition) is 1. The first kappa shape index (κ1) is 23.3. The molecule has 0 unspecified atom stereocenters. The van der Waals surface area contributed by atoms with Crippen molar-refractivity contribution in [2.45, 2.75) is 31.9 Å². The standard InChI is InChI=1S/C25H35N3O3/c1-4-15-26-25(29)21-10-12-22(13-11-21)27(2)24(20-8-6-5-7-9-20)18-28-16-14-23(17-28)31-19-30-3/h5-13,23-24H,4,14-19H2,1-3H3,(H,26,29)/t23-,24+/m0/s1. The second-order valence-corrected chi connectivity index (χ2v) is 8.08. The number of amides is 1. The third-order valence-electron chi connectivity index (χ3n) is 5.81. The van der Waals surface area contributed by atoms with Crippen molar-refractivity contribution in [2.75, 3.05) is 52.0 Å². The van der Waals surface area contributed by atoms with Crippen molar-refractivity contribution in [3.05, 3.63) is 65.7 Å². The van der Waals surface area contributed by atoms with Gasteiger partial charge < -0.3 is 19.7 Å². The van der Waals surface area contributed by atoms with Crippen LogP contribution in [0.4, 0.5) is 5.69 Å². The second-order valence-electron chi connectivity index (χ2n) is 8.08. The first-order chi connectivity index (χ1) is 15.1. The molecule has 3 rings (SSSR count). The first-order valence-corrected chi connectivity index (χ1v) is 11.1. The molecule has 0 saturated carbocycles. The lowest BCUT2D eigenvalue weighted by atomic mass is 10.0. The summed E-state index contributed by atoms with van der Waals surface area (Å²) in [5.74, 6) is -0.0187. The van der Waals surface area contributed by atoms with Crippen molar-refractivity contribution >= 4 is 11.6 Å². The normalized spacial score (nSPS) is 17.5. The van der Waals surface area contributed by atoms with Gasteiger partial charge >= 0.3 is 0 Å². The number of anilines is 1. The molecule has 2 aromatic rings. The minimum Gasteiger partial charge on any atom is -0.366 e. The quantitative estimate of drug-likeness (QED) is 0.557. The van der Waals surface area contributed by atoms with E-state index in [-0.39, 0.29) is 18.1 Å². The molecule has 6 heteroatoms. The van der Waals surface area contributed by atoms with E-state index in [0.717, 1.165) is 38.2 Å². The third kappa shape index (κ3) is 6.53. The Morgan fingerprint density at radius 1 is 1.19 bits per heavy atom. The van der Waals surface area contributed by atoms with Gasteiger partial charge in [-0.2, -0.15) is 0 Å². The number of nitrogens with zero attached hydrogens (tertiary/aromatic N) is 2. The number of likely N-dealkylation sites (tertiary alicyclic amines) is 1. The van der Waals surface area contributed by atoms with E-state index < -0.39 is 0 Å². The Morgan fingerprint density at radius 3 is 2.61 bits per heavy atom. The average Bonchev–Trinajstić information content (AvgIpc) is 3.27. The van der Waals surface area contributed by atoms with Gasteiger partial charge in [-0.3, -0.25) is 9.69 Å². The first-order valence-electron chi connectivity index (χ1n) is 11.1. The molecule has 1 saturated heterocycles. The molecular weight excluding hydrogens is 390 g/mol. The van der Waals surface area contributed by atoms with Crippen LogP contribution in [-0.2, 0) is 9.47 Å². The Bertz CT molecular complexity index is 797. The van der Waals surface area contributed by atoms with Crippen LogP contribution in [0, 0.1) is 0 Å². The summed E-state index contributed by atoms with van der Waals surface area (Å²) in [5, 5.41) is 2.93. The van der Waals surface area contributed by atoms with Crippen LogP contribution < -0.4 is 10.2 Å². The van der Waals surface area contributed by atoms with Gasteiger partial charge in [-0.1, -0.05) is 37.3 Å². The van der Waals surface area contributed by atoms with Gasteiger partial charge in [0.05, 0.1) is 12.1 Å². The lowest BCUT2D eigenvalue weighted by molar-refractivity contribution is -0.0671. The highest BCUT2D eigenvalue weighted by atomic mass is 16.7. The average molecular weight is 426 g/mol. The molecule has 168 valence electrons. The summed E-state index contributed by atoms with van der Waals surface area (Å²) in [6, 6.07) is 18.7. The van der Waals surface area contributed by atoms with E-state index in [2.05, 4.69) is 52.5 Å². The van der Waals surface area contributed by atoms with Crippen molar-refractivity contribution < 1.29 is 14.3 Å². The van der Waals surface area contributed by atoms with Crippen LogP contribution in [0.3, 0.4) is 0 Å². The number of nitrogens with one attached hydrogen (secondary N) is 1. The fourth-order valence-electron chi connectivity index (χ4n) is 4.00. The third-order valence-corrected chi connectivity index (χ3v) is 5.81. The van der Waals surface area contributed by atoms with Crippen molar-refractivity contribution in [1.82, 2.24) is 10.2 Å². The summed E-state index contributed by atoms with van der Waals surface area (Å²) in [7, 11) is 3.78. The Kier molecular flexibility index (Phi) is 8.88. The molecule has 0 bridgehead atoms. The van der Waals surface area contributed by atoms with Crippen molar-refractivity contribution in [2.24, 2.45) is 0 Å². The largest absolute Gasteiger partial charge is 0.366 e. The number of methoxy groups -OCH3 is 1. The van der Waals surface area contributed by atoms with Crippen LogP contribution in [0.25, 0.3) is 0 Å². The van der Waals surface area contributed by atoms with Gasteiger partial charge in [-0.05, 0) is 42.7 Å². The maximum absolute atomic E-state index is 12.2. The molecule has 31 heavy (non-hydrogen) atoms.